The first-order valence-electron chi connectivity index (χ1n) is 8.73. The second kappa shape index (κ2) is 6.31. The molecular formula is C19H15N7OS. The highest BCUT2D eigenvalue weighted by Crippen LogP contribution is 2.23. The highest BCUT2D eigenvalue weighted by atomic mass is 32.1. The topological polar surface area (TPSA) is 91.4 Å². The fourth-order valence-corrected chi connectivity index (χ4v) is 3.96. The summed E-state index contributed by atoms with van der Waals surface area (Å²) in [5.41, 5.74) is 3.27. The molecule has 4 aromatic heterocycles. The molecule has 0 aliphatic rings. The Morgan fingerprint density at radius 2 is 2.04 bits per heavy atom. The summed E-state index contributed by atoms with van der Waals surface area (Å²) in [6.07, 6.45) is 3.24. The van der Waals surface area contributed by atoms with Crippen molar-refractivity contribution in [2.24, 2.45) is 0 Å². The molecule has 8 nitrogen and oxygen atoms in total. The third-order valence-electron chi connectivity index (χ3n) is 4.72. The van der Waals surface area contributed by atoms with Crippen LogP contribution in [0.1, 0.15) is 24.2 Å². The fourth-order valence-electron chi connectivity index (χ4n) is 3.23. The molecule has 0 N–H and O–H groups in total. The predicted octanol–water partition coefficient (Wildman–Crippen LogP) is 2.90. The van der Waals surface area contributed by atoms with Crippen LogP contribution in [0.3, 0.4) is 0 Å². The van der Waals surface area contributed by atoms with Crippen molar-refractivity contribution in [3.8, 4) is 5.00 Å². The van der Waals surface area contributed by atoms with Crippen molar-refractivity contribution in [3.63, 3.8) is 0 Å². The van der Waals surface area contributed by atoms with E-state index in [2.05, 4.69) is 30.7 Å². The zero-order valence-electron chi connectivity index (χ0n) is 15.1. The number of aromatic nitrogens is 7. The van der Waals surface area contributed by atoms with E-state index in [0.717, 1.165) is 22.2 Å². The number of fused-ring (bicyclic) bond motifs is 2. The summed E-state index contributed by atoms with van der Waals surface area (Å²) in [5, 5.41) is 10.1. The summed E-state index contributed by atoms with van der Waals surface area (Å²) in [7, 11) is 0. The van der Waals surface area contributed by atoms with Crippen LogP contribution in [0.15, 0.2) is 53.7 Å². The Morgan fingerprint density at radius 1 is 1.14 bits per heavy atom. The Balaban J connectivity index is 1.66. The van der Waals surface area contributed by atoms with E-state index in [-0.39, 0.29) is 11.6 Å². The molecule has 0 radical (unpaired) electrons. The van der Waals surface area contributed by atoms with E-state index in [9.17, 15) is 4.79 Å². The van der Waals surface area contributed by atoms with Crippen LogP contribution in [0.4, 0.5) is 0 Å². The SMILES string of the molecule is Cc1cc(-n2cnc3nnn(C(C)c4ccc5ncccc5c4)c3c2=O)sn1. The van der Waals surface area contributed by atoms with E-state index in [1.54, 1.807) is 10.9 Å². The molecule has 0 spiro atoms. The number of benzene rings is 1. The molecule has 5 rings (SSSR count). The largest absolute Gasteiger partial charge is 0.286 e. The summed E-state index contributed by atoms with van der Waals surface area (Å²) >= 11 is 1.26. The van der Waals surface area contributed by atoms with E-state index in [0.29, 0.717) is 16.2 Å². The molecule has 28 heavy (non-hydrogen) atoms. The monoisotopic (exact) mass is 389 g/mol. The molecule has 138 valence electrons. The molecule has 0 aliphatic heterocycles. The molecule has 1 aromatic carbocycles. The van der Waals surface area contributed by atoms with E-state index < -0.39 is 0 Å². The maximum Gasteiger partial charge on any atom is 0.286 e. The number of pyridine rings is 1. The van der Waals surface area contributed by atoms with Crippen LogP contribution in [0.2, 0.25) is 0 Å². The molecule has 1 unspecified atom stereocenters. The first-order chi connectivity index (χ1) is 13.6. The fraction of sp³-hybridized carbons (Fsp3) is 0.158. The van der Waals surface area contributed by atoms with Gasteiger partial charge in [0.2, 0.25) is 5.65 Å². The van der Waals surface area contributed by atoms with Crippen molar-refractivity contribution in [3.05, 3.63) is 70.5 Å². The summed E-state index contributed by atoms with van der Waals surface area (Å²) in [6, 6.07) is 11.6. The molecule has 5 aromatic rings. The molecular weight excluding hydrogens is 374 g/mol. The molecule has 0 saturated carbocycles. The van der Waals surface area contributed by atoms with Crippen LogP contribution in [0.5, 0.6) is 0 Å². The van der Waals surface area contributed by atoms with Crippen molar-refractivity contribution < 1.29 is 0 Å². The van der Waals surface area contributed by atoms with Crippen molar-refractivity contribution in [2.75, 3.05) is 0 Å². The van der Waals surface area contributed by atoms with Crippen LogP contribution in [-0.2, 0) is 0 Å². The molecule has 0 bridgehead atoms. The maximum absolute atomic E-state index is 13.2. The third kappa shape index (κ3) is 2.59. The quantitative estimate of drug-likeness (QED) is 0.471. The summed E-state index contributed by atoms with van der Waals surface area (Å²) in [5.74, 6) is 0. The minimum Gasteiger partial charge on any atom is -0.266 e. The van der Waals surface area contributed by atoms with Gasteiger partial charge in [-0.25, -0.2) is 9.67 Å². The lowest BCUT2D eigenvalue weighted by atomic mass is 10.1. The second-order valence-electron chi connectivity index (χ2n) is 6.56. The smallest absolute Gasteiger partial charge is 0.266 e. The molecule has 0 amide bonds. The molecule has 0 fully saturated rings. The molecule has 0 aliphatic carbocycles. The molecule has 0 saturated heterocycles. The van der Waals surface area contributed by atoms with Gasteiger partial charge < -0.3 is 0 Å². The minimum atomic E-state index is -0.215. The average molecular weight is 389 g/mol. The highest BCUT2D eigenvalue weighted by molar-refractivity contribution is 7.08. The van der Waals surface area contributed by atoms with Crippen LogP contribution in [0.25, 0.3) is 27.1 Å². The number of aryl methyl sites for hydroxylation is 1. The molecule has 4 heterocycles. The lowest BCUT2D eigenvalue weighted by Gasteiger charge is -2.13. The second-order valence-corrected chi connectivity index (χ2v) is 7.35. The number of nitrogens with zero attached hydrogens (tertiary/aromatic N) is 7. The Labute approximate surface area is 163 Å². The summed E-state index contributed by atoms with van der Waals surface area (Å²) in [6.45, 7) is 3.87. The Bertz CT molecular complexity index is 1380. The van der Waals surface area contributed by atoms with E-state index in [1.807, 2.05) is 44.2 Å². The van der Waals surface area contributed by atoms with Crippen molar-refractivity contribution in [2.45, 2.75) is 19.9 Å². The zero-order valence-corrected chi connectivity index (χ0v) is 16.0. The van der Waals surface area contributed by atoms with Gasteiger partial charge in [-0.2, -0.15) is 4.37 Å². The van der Waals surface area contributed by atoms with Crippen LogP contribution in [0, 0.1) is 6.92 Å². The van der Waals surface area contributed by atoms with Gasteiger partial charge in [0.1, 0.15) is 11.3 Å². The first kappa shape index (κ1) is 16.7. The van der Waals surface area contributed by atoms with E-state index in [1.165, 1.54) is 22.4 Å². The van der Waals surface area contributed by atoms with E-state index in [4.69, 9.17) is 0 Å². The normalized spacial score (nSPS) is 12.6. The van der Waals surface area contributed by atoms with Gasteiger partial charge in [0.05, 0.1) is 17.3 Å². The van der Waals surface area contributed by atoms with Crippen molar-refractivity contribution in [1.29, 1.82) is 0 Å². The van der Waals surface area contributed by atoms with Crippen molar-refractivity contribution in [1.82, 2.24) is 33.9 Å². The minimum absolute atomic E-state index is 0.192. The Kier molecular flexibility index (Phi) is 3.76. The predicted molar refractivity (Wildman–Crippen MR) is 107 cm³/mol. The van der Waals surface area contributed by atoms with Gasteiger partial charge in [0, 0.05) is 11.6 Å². The Hall–Kier alpha value is -3.46. The number of hydrogen-bond donors (Lipinski definition) is 0. The molecule has 1 atom stereocenters. The van der Waals surface area contributed by atoms with E-state index >= 15 is 0 Å². The maximum atomic E-state index is 13.2. The zero-order chi connectivity index (χ0) is 19.3. The standard InChI is InChI=1S/C19H15N7OS/c1-11-8-16(28-23-11)25-10-21-18-17(19(25)27)26(24-22-18)12(2)13-5-6-15-14(9-13)4-3-7-20-15/h3-10,12H,1-2H3. The third-order valence-corrected chi connectivity index (χ3v) is 5.60. The van der Waals surface area contributed by atoms with Gasteiger partial charge >= 0.3 is 0 Å². The first-order valence-corrected chi connectivity index (χ1v) is 9.50. The van der Waals surface area contributed by atoms with Crippen LogP contribution >= 0.6 is 11.5 Å². The van der Waals surface area contributed by atoms with Crippen LogP contribution in [-0.4, -0.2) is 33.9 Å². The van der Waals surface area contributed by atoms with Gasteiger partial charge in [0.15, 0.2) is 5.52 Å². The lowest BCUT2D eigenvalue weighted by Crippen LogP contribution is -2.22. The van der Waals surface area contributed by atoms with Gasteiger partial charge in [-0.15, -0.1) is 5.10 Å². The van der Waals surface area contributed by atoms with Gasteiger partial charge in [-0.1, -0.05) is 17.3 Å². The van der Waals surface area contributed by atoms with Crippen molar-refractivity contribution >= 4 is 33.6 Å². The Morgan fingerprint density at radius 3 is 2.86 bits per heavy atom. The number of rotatable bonds is 3. The van der Waals surface area contributed by atoms with Crippen LogP contribution < -0.4 is 5.56 Å². The summed E-state index contributed by atoms with van der Waals surface area (Å²) < 4.78 is 7.37. The van der Waals surface area contributed by atoms with Gasteiger partial charge in [-0.05, 0) is 55.2 Å². The summed E-state index contributed by atoms with van der Waals surface area (Å²) in [4.78, 5) is 21.8. The average Bonchev–Trinajstić information content (AvgIpc) is 3.34. The van der Waals surface area contributed by atoms with Gasteiger partial charge in [-0.3, -0.25) is 14.3 Å². The highest BCUT2D eigenvalue weighted by Gasteiger charge is 2.19. The molecule has 9 heteroatoms. The lowest BCUT2D eigenvalue weighted by molar-refractivity contribution is 0.558. The van der Waals surface area contributed by atoms with Gasteiger partial charge in [0.25, 0.3) is 5.56 Å². The number of hydrogen-bond acceptors (Lipinski definition) is 7.